The van der Waals surface area contributed by atoms with Crippen LogP contribution < -0.4 is 0 Å². The van der Waals surface area contributed by atoms with Crippen LogP contribution in [0.2, 0.25) is 0 Å². The Hall–Kier alpha value is -0.910. The van der Waals surface area contributed by atoms with Crippen molar-refractivity contribution in [2.75, 3.05) is 0 Å². The fourth-order valence-electron chi connectivity index (χ4n) is 0.557. The van der Waals surface area contributed by atoms with E-state index in [-0.39, 0.29) is 0 Å². The molecule has 0 saturated carbocycles. The summed E-state index contributed by atoms with van der Waals surface area (Å²) in [5.74, 6) is 0. The number of halogens is 3. The van der Waals surface area contributed by atoms with Gasteiger partial charge in [0.25, 0.3) is 5.22 Å². The highest BCUT2D eigenvalue weighted by Crippen LogP contribution is 2.22. The summed E-state index contributed by atoms with van der Waals surface area (Å²) < 4.78 is 39.7. The maximum atomic E-state index is 11.6. The molecule has 0 atom stereocenters. The van der Waals surface area contributed by atoms with Crippen molar-refractivity contribution in [1.82, 2.24) is 4.98 Å². The van der Waals surface area contributed by atoms with Crippen LogP contribution >= 0.6 is 11.8 Å². The monoisotopic (exact) mass is 209 g/mol. The molecule has 0 radical (unpaired) electrons. The number of nitrogens with zero attached hydrogens (tertiary/aromatic N) is 1. The molecule has 0 amide bonds. The molecule has 0 fully saturated rings. The molecule has 0 N–H and O–H groups in total. The summed E-state index contributed by atoms with van der Waals surface area (Å²) >= 11 is 1.01. The average molecular weight is 209 g/mol. The Balaban J connectivity index is 2.27. The molecule has 13 heavy (non-hydrogen) atoms. The second kappa shape index (κ2) is 4.36. The second-order valence-corrected chi connectivity index (χ2v) is 2.96. The van der Waals surface area contributed by atoms with Crippen LogP contribution in [0, 0.1) is 0 Å². The molecular formula is C7H6F3NOS. The Labute approximate surface area is 76.8 Å². The van der Waals surface area contributed by atoms with Crippen molar-refractivity contribution in [2.24, 2.45) is 0 Å². The van der Waals surface area contributed by atoms with E-state index >= 15 is 0 Å². The van der Waals surface area contributed by atoms with Crippen LogP contribution in [-0.4, -0.2) is 11.2 Å². The first-order chi connectivity index (χ1) is 6.08. The van der Waals surface area contributed by atoms with Gasteiger partial charge in [-0.2, -0.15) is 13.2 Å². The van der Waals surface area contributed by atoms with E-state index in [9.17, 15) is 13.2 Å². The first-order valence-corrected chi connectivity index (χ1v) is 4.24. The van der Waals surface area contributed by atoms with Crippen molar-refractivity contribution in [3.8, 4) is 0 Å². The van der Waals surface area contributed by atoms with Crippen LogP contribution in [0.5, 0.6) is 0 Å². The number of hydrogen-bond acceptors (Lipinski definition) is 3. The lowest BCUT2D eigenvalue weighted by Crippen LogP contribution is -2.03. The predicted octanol–water partition coefficient (Wildman–Crippen LogP) is 3.23. The van der Waals surface area contributed by atoms with Gasteiger partial charge in [-0.15, -0.1) is 0 Å². The van der Waals surface area contributed by atoms with Gasteiger partial charge in [-0.25, -0.2) is 4.98 Å². The first kappa shape index (κ1) is 10.2. The molecule has 6 heteroatoms. The van der Waals surface area contributed by atoms with E-state index in [1.165, 1.54) is 17.9 Å². The third kappa shape index (κ3) is 4.62. The van der Waals surface area contributed by atoms with Gasteiger partial charge in [0.2, 0.25) is 0 Å². The standard InChI is InChI=1S/C7H6F3NOS/c8-7(9,10)2-1-5-13-6-11-3-4-12-6/h1,3-5H,2H2. The molecular weight excluding hydrogens is 203 g/mol. The predicted molar refractivity (Wildman–Crippen MR) is 42.2 cm³/mol. The molecule has 2 nitrogen and oxygen atoms in total. The number of alkyl halides is 3. The van der Waals surface area contributed by atoms with E-state index < -0.39 is 12.6 Å². The number of aromatic nitrogens is 1. The zero-order chi connectivity index (χ0) is 9.73. The van der Waals surface area contributed by atoms with E-state index in [0.717, 1.165) is 17.8 Å². The zero-order valence-corrected chi connectivity index (χ0v) is 7.23. The average Bonchev–Trinajstić information content (AvgIpc) is 2.48. The van der Waals surface area contributed by atoms with Gasteiger partial charge in [0, 0.05) is 0 Å². The summed E-state index contributed by atoms with van der Waals surface area (Å²) in [6, 6.07) is 0. The Morgan fingerprint density at radius 1 is 1.54 bits per heavy atom. The molecule has 0 aliphatic rings. The van der Waals surface area contributed by atoms with Crippen molar-refractivity contribution in [2.45, 2.75) is 17.8 Å². The lowest BCUT2D eigenvalue weighted by molar-refractivity contribution is -0.124. The van der Waals surface area contributed by atoms with Gasteiger partial charge < -0.3 is 4.42 Å². The summed E-state index contributed by atoms with van der Waals surface area (Å²) in [5.41, 5.74) is 0. The number of thioether (sulfide) groups is 1. The first-order valence-electron chi connectivity index (χ1n) is 3.36. The number of hydrogen-bond donors (Lipinski definition) is 0. The van der Waals surface area contributed by atoms with Crippen LogP contribution in [0.4, 0.5) is 13.2 Å². The van der Waals surface area contributed by atoms with Gasteiger partial charge in [-0.3, -0.25) is 0 Å². The van der Waals surface area contributed by atoms with Gasteiger partial charge in [-0.05, 0) is 17.2 Å². The summed E-state index contributed by atoms with van der Waals surface area (Å²) in [6.45, 7) is 0. The van der Waals surface area contributed by atoms with Crippen LogP contribution in [0.25, 0.3) is 0 Å². The zero-order valence-electron chi connectivity index (χ0n) is 6.41. The molecule has 1 aromatic rings. The van der Waals surface area contributed by atoms with E-state index in [4.69, 9.17) is 4.42 Å². The smallest absolute Gasteiger partial charge is 0.392 e. The summed E-state index contributed by atoms with van der Waals surface area (Å²) in [6.07, 6.45) is -1.26. The van der Waals surface area contributed by atoms with E-state index in [1.54, 1.807) is 0 Å². The van der Waals surface area contributed by atoms with E-state index in [1.807, 2.05) is 0 Å². The van der Waals surface area contributed by atoms with Crippen LogP contribution in [0.1, 0.15) is 6.42 Å². The van der Waals surface area contributed by atoms with Crippen LogP contribution in [0.3, 0.4) is 0 Å². The molecule has 1 rings (SSSR count). The molecule has 1 heterocycles. The van der Waals surface area contributed by atoms with Crippen molar-refractivity contribution in [1.29, 1.82) is 0 Å². The number of rotatable bonds is 3. The fraction of sp³-hybridized carbons (Fsp3) is 0.286. The molecule has 0 aromatic carbocycles. The summed E-state index contributed by atoms with van der Waals surface area (Å²) in [5, 5.41) is 1.64. The second-order valence-electron chi connectivity index (χ2n) is 2.11. The number of allylic oxidation sites excluding steroid dienone is 1. The van der Waals surface area contributed by atoms with Gasteiger partial charge in [0.15, 0.2) is 0 Å². The highest BCUT2D eigenvalue weighted by atomic mass is 32.2. The highest BCUT2D eigenvalue weighted by molar-refractivity contribution is 8.01. The Morgan fingerprint density at radius 3 is 2.85 bits per heavy atom. The van der Waals surface area contributed by atoms with Gasteiger partial charge in [-0.1, -0.05) is 6.08 Å². The quantitative estimate of drug-likeness (QED) is 0.715. The van der Waals surface area contributed by atoms with E-state index in [2.05, 4.69) is 4.98 Å². The Bertz CT molecular complexity index is 268. The topological polar surface area (TPSA) is 26.0 Å². The SMILES string of the molecule is FC(F)(F)CC=CSc1ncco1. The van der Waals surface area contributed by atoms with Gasteiger partial charge in [0.05, 0.1) is 12.6 Å². The molecule has 0 bridgehead atoms. The van der Waals surface area contributed by atoms with E-state index in [0.29, 0.717) is 5.22 Å². The van der Waals surface area contributed by atoms with Crippen LogP contribution in [-0.2, 0) is 0 Å². The molecule has 0 spiro atoms. The Kier molecular flexibility index (Phi) is 3.41. The molecule has 0 aliphatic carbocycles. The normalized spacial score (nSPS) is 12.5. The van der Waals surface area contributed by atoms with Gasteiger partial charge >= 0.3 is 6.18 Å². The minimum atomic E-state index is -4.15. The summed E-state index contributed by atoms with van der Waals surface area (Å²) in [7, 11) is 0. The lowest BCUT2D eigenvalue weighted by atomic mass is 10.4. The summed E-state index contributed by atoms with van der Waals surface area (Å²) in [4.78, 5) is 3.71. The minimum Gasteiger partial charge on any atom is -0.440 e. The minimum absolute atomic E-state index is 0.332. The van der Waals surface area contributed by atoms with Gasteiger partial charge in [0.1, 0.15) is 6.26 Å². The molecule has 0 unspecified atom stereocenters. The Morgan fingerprint density at radius 2 is 2.31 bits per heavy atom. The molecule has 1 aromatic heterocycles. The largest absolute Gasteiger partial charge is 0.440 e. The fourth-order valence-corrected chi connectivity index (χ4v) is 1.10. The number of oxazole rings is 1. The molecule has 0 aliphatic heterocycles. The lowest BCUT2D eigenvalue weighted by Gasteiger charge is -1.99. The molecule has 72 valence electrons. The maximum Gasteiger partial charge on any atom is 0.392 e. The highest BCUT2D eigenvalue weighted by Gasteiger charge is 2.24. The molecule has 0 saturated heterocycles. The van der Waals surface area contributed by atoms with Crippen LogP contribution in [0.15, 0.2) is 33.6 Å². The van der Waals surface area contributed by atoms with Crippen molar-refractivity contribution in [3.05, 3.63) is 23.9 Å². The van der Waals surface area contributed by atoms with Crippen molar-refractivity contribution < 1.29 is 17.6 Å². The van der Waals surface area contributed by atoms with Crippen molar-refractivity contribution >= 4 is 11.8 Å². The maximum absolute atomic E-state index is 11.6. The third-order valence-electron chi connectivity index (χ3n) is 1.02. The van der Waals surface area contributed by atoms with Crippen molar-refractivity contribution in [3.63, 3.8) is 0 Å². The third-order valence-corrected chi connectivity index (χ3v) is 1.76.